The normalized spacial score (nSPS) is 10.3. The van der Waals surface area contributed by atoms with Crippen LogP contribution in [0.5, 0.6) is 0 Å². The number of aromatic nitrogens is 3. The summed E-state index contributed by atoms with van der Waals surface area (Å²) in [5, 5.41) is 8.64. The van der Waals surface area contributed by atoms with Crippen LogP contribution in [0.1, 0.15) is 10.5 Å². The summed E-state index contributed by atoms with van der Waals surface area (Å²) in [4.78, 5) is 31.6. The van der Waals surface area contributed by atoms with Crippen molar-refractivity contribution < 1.29 is 9.90 Å². The molecule has 0 atom stereocenters. The Balaban J connectivity index is 2.83. The molecular formula is C8H5N3O3. The molecule has 2 rings (SSSR count). The third kappa shape index (κ3) is 1.22. The van der Waals surface area contributed by atoms with Gasteiger partial charge in [0.25, 0.3) is 5.56 Å². The van der Waals surface area contributed by atoms with E-state index in [2.05, 4.69) is 15.0 Å². The molecule has 0 saturated carbocycles. The number of hydrogen-bond acceptors (Lipinski definition) is 4. The first kappa shape index (κ1) is 8.36. The van der Waals surface area contributed by atoms with Gasteiger partial charge in [-0.25, -0.2) is 14.8 Å². The molecule has 0 fully saturated rings. The van der Waals surface area contributed by atoms with Gasteiger partial charge in [-0.15, -0.1) is 0 Å². The maximum absolute atomic E-state index is 11.2. The maximum Gasteiger partial charge on any atom is 0.354 e. The third-order valence-electron chi connectivity index (χ3n) is 1.71. The molecule has 2 N–H and O–H groups in total. The second-order valence-corrected chi connectivity index (χ2v) is 2.60. The molecule has 2 aromatic rings. The average Bonchev–Trinajstić information content (AvgIpc) is 2.18. The third-order valence-corrected chi connectivity index (χ3v) is 1.71. The molecule has 0 spiro atoms. The minimum atomic E-state index is -1.17. The zero-order chi connectivity index (χ0) is 10.1. The molecule has 2 aromatic heterocycles. The van der Waals surface area contributed by atoms with Crippen LogP contribution < -0.4 is 5.56 Å². The van der Waals surface area contributed by atoms with Crippen LogP contribution in [-0.4, -0.2) is 26.0 Å². The zero-order valence-electron chi connectivity index (χ0n) is 6.89. The molecule has 0 unspecified atom stereocenters. The van der Waals surface area contributed by atoms with Crippen LogP contribution in [0, 0.1) is 0 Å². The summed E-state index contributed by atoms with van der Waals surface area (Å²) in [7, 11) is 0. The summed E-state index contributed by atoms with van der Waals surface area (Å²) in [6.45, 7) is 0. The van der Waals surface area contributed by atoms with E-state index in [0.717, 1.165) is 0 Å². The number of H-pyrrole nitrogens is 1. The Morgan fingerprint density at radius 3 is 2.93 bits per heavy atom. The van der Waals surface area contributed by atoms with Crippen molar-refractivity contribution in [3.63, 3.8) is 0 Å². The number of hydrogen-bond donors (Lipinski definition) is 2. The van der Waals surface area contributed by atoms with Crippen molar-refractivity contribution in [2.24, 2.45) is 0 Å². The van der Waals surface area contributed by atoms with E-state index in [0.29, 0.717) is 5.52 Å². The molecule has 0 radical (unpaired) electrons. The van der Waals surface area contributed by atoms with Crippen LogP contribution in [-0.2, 0) is 0 Å². The topological polar surface area (TPSA) is 95.9 Å². The molecular weight excluding hydrogens is 186 g/mol. The smallest absolute Gasteiger partial charge is 0.354 e. The molecule has 0 aliphatic rings. The fourth-order valence-electron chi connectivity index (χ4n) is 1.07. The molecule has 0 bridgehead atoms. The molecule has 70 valence electrons. The average molecular weight is 191 g/mol. The lowest BCUT2D eigenvalue weighted by Gasteiger charge is -1.95. The highest BCUT2D eigenvalue weighted by molar-refractivity contribution is 5.88. The van der Waals surface area contributed by atoms with Gasteiger partial charge in [0, 0.05) is 0 Å². The van der Waals surface area contributed by atoms with Crippen molar-refractivity contribution in [2.75, 3.05) is 0 Å². The highest BCUT2D eigenvalue weighted by Crippen LogP contribution is 2.04. The van der Waals surface area contributed by atoms with E-state index in [4.69, 9.17) is 5.11 Å². The van der Waals surface area contributed by atoms with Crippen LogP contribution in [0.3, 0.4) is 0 Å². The lowest BCUT2D eigenvalue weighted by molar-refractivity contribution is 0.0691. The molecule has 2 heterocycles. The maximum atomic E-state index is 11.2. The van der Waals surface area contributed by atoms with E-state index in [9.17, 15) is 9.59 Å². The van der Waals surface area contributed by atoms with Gasteiger partial charge in [-0.1, -0.05) is 0 Å². The number of fused-ring (bicyclic) bond motifs is 1. The Labute approximate surface area is 77.3 Å². The van der Waals surface area contributed by atoms with Crippen molar-refractivity contribution in [1.29, 1.82) is 0 Å². The predicted molar refractivity (Wildman–Crippen MR) is 47.1 cm³/mol. The van der Waals surface area contributed by atoms with Crippen LogP contribution in [0.15, 0.2) is 23.3 Å². The molecule has 14 heavy (non-hydrogen) atoms. The first-order chi connectivity index (χ1) is 6.68. The Bertz CT molecular complexity index is 561. The van der Waals surface area contributed by atoms with E-state index in [1.54, 1.807) is 0 Å². The van der Waals surface area contributed by atoms with E-state index in [1.807, 2.05) is 0 Å². The SMILES string of the molecule is O=C(O)c1ccc2nc[nH]c(=O)c2n1. The Morgan fingerprint density at radius 1 is 1.43 bits per heavy atom. The van der Waals surface area contributed by atoms with Gasteiger partial charge in [-0.2, -0.15) is 0 Å². The quantitative estimate of drug-likeness (QED) is 0.662. The van der Waals surface area contributed by atoms with Crippen molar-refractivity contribution >= 4 is 17.0 Å². The molecule has 0 aliphatic carbocycles. The number of carbonyl (C=O) groups is 1. The second kappa shape index (κ2) is 2.91. The van der Waals surface area contributed by atoms with Gasteiger partial charge in [0.05, 0.1) is 11.8 Å². The predicted octanol–water partition coefficient (Wildman–Crippen LogP) is 0.0163. The van der Waals surface area contributed by atoms with E-state index < -0.39 is 11.5 Å². The molecule has 6 nitrogen and oxygen atoms in total. The number of nitrogens with zero attached hydrogens (tertiary/aromatic N) is 2. The van der Waals surface area contributed by atoms with Crippen LogP contribution in [0.4, 0.5) is 0 Å². The van der Waals surface area contributed by atoms with Gasteiger partial charge < -0.3 is 10.1 Å². The fraction of sp³-hybridized carbons (Fsp3) is 0. The number of pyridine rings is 1. The highest BCUT2D eigenvalue weighted by Gasteiger charge is 2.07. The van der Waals surface area contributed by atoms with Crippen molar-refractivity contribution in [3.8, 4) is 0 Å². The largest absolute Gasteiger partial charge is 0.477 e. The molecule has 0 saturated heterocycles. The standard InChI is InChI=1S/C8H5N3O3/c12-7-6-4(9-3-10-7)1-2-5(11-6)8(13)14/h1-3H,(H,13,14)(H,9,10,12). The summed E-state index contributed by atoms with van der Waals surface area (Å²) in [5.41, 5.74) is -0.208. The molecule has 0 aromatic carbocycles. The summed E-state index contributed by atoms with van der Waals surface area (Å²) in [6, 6.07) is 2.75. The van der Waals surface area contributed by atoms with Gasteiger partial charge in [-0.3, -0.25) is 4.79 Å². The number of aromatic amines is 1. The summed E-state index contributed by atoms with van der Waals surface area (Å²) in [5.74, 6) is -1.17. The highest BCUT2D eigenvalue weighted by atomic mass is 16.4. The van der Waals surface area contributed by atoms with Crippen molar-refractivity contribution in [2.45, 2.75) is 0 Å². The first-order valence-corrected chi connectivity index (χ1v) is 3.76. The van der Waals surface area contributed by atoms with E-state index in [-0.39, 0.29) is 11.2 Å². The monoisotopic (exact) mass is 191 g/mol. The number of aromatic carboxylic acids is 1. The summed E-state index contributed by atoms with van der Waals surface area (Å²) in [6.07, 6.45) is 1.24. The van der Waals surface area contributed by atoms with Crippen molar-refractivity contribution in [3.05, 3.63) is 34.5 Å². The minimum absolute atomic E-state index is 0.0346. The Morgan fingerprint density at radius 2 is 2.21 bits per heavy atom. The molecule has 6 heteroatoms. The van der Waals surface area contributed by atoms with Gasteiger partial charge in [0.15, 0.2) is 5.52 Å². The van der Waals surface area contributed by atoms with Crippen LogP contribution >= 0.6 is 0 Å². The van der Waals surface area contributed by atoms with Crippen LogP contribution in [0.25, 0.3) is 11.0 Å². The Kier molecular flexibility index (Phi) is 1.74. The van der Waals surface area contributed by atoms with Gasteiger partial charge in [0.2, 0.25) is 0 Å². The number of carboxylic acid groups (broad SMARTS) is 1. The van der Waals surface area contributed by atoms with Crippen molar-refractivity contribution in [1.82, 2.24) is 15.0 Å². The van der Waals surface area contributed by atoms with Crippen LogP contribution in [0.2, 0.25) is 0 Å². The molecule has 0 aliphatic heterocycles. The molecule has 0 amide bonds. The zero-order valence-corrected chi connectivity index (χ0v) is 6.89. The number of nitrogens with one attached hydrogen (secondary N) is 1. The van der Waals surface area contributed by atoms with Gasteiger partial charge >= 0.3 is 5.97 Å². The minimum Gasteiger partial charge on any atom is -0.477 e. The number of carboxylic acids is 1. The van der Waals surface area contributed by atoms with E-state index >= 15 is 0 Å². The lowest BCUT2D eigenvalue weighted by atomic mass is 10.3. The lowest BCUT2D eigenvalue weighted by Crippen LogP contribution is -2.10. The number of rotatable bonds is 1. The fourth-order valence-corrected chi connectivity index (χ4v) is 1.07. The Hall–Kier alpha value is -2.24. The van der Waals surface area contributed by atoms with Gasteiger partial charge in [0.1, 0.15) is 5.69 Å². The van der Waals surface area contributed by atoms with E-state index in [1.165, 1.54) is 18.5 Å². The summed E-state index contributed by atoms with van der Waals surface area (Å²) < 4.78 is 0. The first-order valence-electron chi connectivity index (χ1n) is 3.76. The summed E-state index contributed by atoms with van der Waals surface area (Å²) >= 11 is 0. The van der Waals surface area contributed by atoms with Gasteiger partial charge in [-0.05, 0) is 12.1 Å². The second-order valence-electron chi connectivity index (χ2n) is 2.60.